The Morgan fingerprint density at radius 2 is 2.14 bits per heavy atom. The van der Waals surface area contributed by atoms with Gasteiger partial charge in [0.25, 0.3) is 0 Å². The van der Waals surface area contributed by atoms with Crippen LogP contribution in [0.15, 0.2) is 23.3 Å². The van der Waals surface area contributed by atoms with Crippen molar-refractivity contribution in [2.45, 2.75) is 53.0 Å². The number of pyridine rings is 1. The maximum atomic E-state index is 11.6. The van der Waals surface area contributed by atoms with Gasteiger partial charge < -0.3 is 21.3 Å². The van der Waals surface area contributed by atoms with Gasteiger partial charge in [-0.05, 0) is 31.7 Å². The Balaban J connectivity index is 2.09. The molecule has 1 atom stereocenters. The average molecular weight is 389 g/mol. The molecule has 1 aromatic rings. The van der Waals surface area contributed by atoms with Crippen LogP contribution < -0.4 is 21.3 Å². The zero-order valence-corrected chi connectivity index (χ0v) is 17.6. The van der Waals surface area contributed by atoms with E-state index in [4.69, 9.17) is 10.7 Å². The number of nitrogens with two attached hydrogens (primary N) is 1. The van der Waals surface area contributed by atoms with Crippen LogP contribution in [0.2, 0.25) is 0 Å². The van der Waals surface area contributed by atoms with Crippen molar-refractivity contribution in [3.05, 3.63) is 23.9 Å². The van der Waals surface area contributed by atoms with Crippen LogP contribution in [0.5, 0.6) is 0 Å². The van der Waals surface area contributed by atoms with Crippen molar-refractivity contribution in [1.82, 2.24) is 15.6 Å². The molecule has 1 aliphatic rings. The molecule has 0 aromatic carbocycles. The summed E-state index contributed by atoms with van der Waals surface area (Å²) in [6.07, 6.45) is 5.92. The van der Waals surface area contributed by atoms with Crippen molar-refractivity contribution in [1.29, 1.82) is 0 Å². The standard InChI is InChI=1S/C21H36N6O/c1-4-16(5-2)13-25-21(23-6-3)26-14-17-9-7-11-24-20(17)27-12-8-10-18(15-27)19(22)28/h7,9,11,16,18H,4-6,8,10,12-15H2,1-3H3,(H2,22,28)(H2,23,25,26). The van der Waals surface area contributed by atoms with Crippen molar-refractivity contribution in [3.63, 3.8) is 0 Å². The molecule has 1 unspecified atom stereocenters. The van der Waals surface area contributed by atoms with Crippen LogP contribution in [-0.2, 0) is 11.3 Å². The Morgan fingerprint density at radius 3 is 2.82 bits per heavy atom. The average Bonchev–Trinajstić information content (AvgIpc) is 2.73. The smallest absolute Gasteiger partial charge is 0.222 e. The van der Waals surface area contributed by atoms with E-state index >= 15 is 0 Å². The van der Waals surface area contributed by atoms with Crippen LogP contribution in [0.4, 0.5) is 5.82 Å². The van der Waals surface area contributed by atoms with Crippen LogP contribution in [0.25, 0.3) is 0 Å². The highest BCUT2D eigenvalue weighted by atomic mass is 16.1. The highest BCUT2D eigenvalue weighted by molar-refractivity contribution is 5.80. The molecule has 28 heavy (non-hydrogen) atoms. The number of nitrogens with one attached hydrogen (secondary N) is 2. The quantitative estimate of drug-likeness (QED) is 0.445. The van der Waals surface area contributed by atoms with E-state index in [9.17, 15) is 4.79 Å². The lowest BCUT2D eigenvalue weighted by molar-refractivity contribution is -0.122. The minimum absolute atomic E-state index is 0.105. The molecule has 156 valence electrons. The molecule has 7 nitrogen and oxygen atoms in total. The van der Waals surface area contributed by atoms with Crippen LogP contribution in [0.1, 0.15) is 52.0 Å². The van der Waals surface area contributed by atoms with Gasteiger partial charge in [0.1, 0.15) is 5.82 Å². The Morgan fingerprint density at radius 1 is 1.36 bits per heavy atom. The van der Waals surface area contributed by atoms with E-state index in [0.717, 1.165) is 62.7 Å². The van der Waals surface area contributed by atoms with E-state index in [1.165, 1.54) is 0 Å². The van der Waals surface area contributed by atoms with Crippen molar-refractivity contribution in [3.8, 4) is 0 Å². The third-order valence-electron chi connectivity index (χ3n) is 5.46. The predicted octanol–water partition coefficient (Wildman–Crippen LogP) is 2.27. The molecule has 1 aliphatic heterocycles. The number of guanidine groups is 1. The molecule has 0 spiro atoms. The summed E-state index contributed by atoms with van der Waals surface area (Å²) in [4.78, 5) is 23.1. The number of hydrogen-bond acceptors (Lipinski definition) is 4. The summed E-state index contributed by atoms with van der Waals surface area (Å²) in [6, 6.07) is 4.00. The molecule has 2 rings (SSSR count). The van der Waals surface area contributed by atoms with Gasteiger partial charge in [-0.15, -0.1) is 0 Å². The Labute approximate surface area is 169 Å². The van der Waals surface area contributed by atoms with Gasteiger partial charge in [0.2, 0.25) is 5.91 Å². The number of anilines is 1. The number of primary amides is 1. The summed E-state index contributed by atoms with van der Waals surface area (Å²) < 4.78 is 0. The molecule has 4 N–H and O–H groups in total. The molecule has 1 fully saturated rings. The number of piperidine rings is 1. The van der Waals surface area contributed by atoms with Crippen LogP contribution in [0, 0.1) is 11.8 Å². The largest absolute Gasteiger partial charge is 0.369 e. The summed E-state index contributed by atoms with van der Waals surface area (Å²) in [7, 11) is 0. The Hall–Kier alpha value is -2.31. The predicted molar refractivity (Wildman–Crippen MR) is 115 cm³/mol. The van der Waals surface area contributed by atoms with Crippen LogP contribution in [0.3, 0.4) is 0 Å². The first kappa shape index (κ1) is 22.0. The molecule has 1 amide bonds. The fraction of sp³-hybridized carbons (Fsp3) is 0.667. The van der Waals surface area contributed by atoms with Crippen molar-refractivity contribution in [2.24, 2.45) is 22.6 Å². The van der Waals surface area contributed by atoms with Gasteiger partial charge in [-0.2, -0.15) is 0 Å². The molecule has 1 saturated heterocycles. The number of carbonyl (C=O) groups excluding carboxylic acids is 1. The molecular formula is C21H36N6O. The van der Waals surface area contributed by atoms with E-state index in [0.29, 0.717) is 19.0 Å². The molecule has 0 radical (unpaired) electrons. The summed E-state index contributed by atoms with van der Waals surface area (Å²) in [6.45, 7) is 10.3. The maximum Gasteiger partial charge on any atom is 0.222 e. The molecule has 0 saturated carbocycles. The van der Waals surface area contributed by atoms with Gasteiger partial charge in [-0.3, -0.25) is 4.79 Å². The number of nitrogens with zero attached hydrogens (tertiary/aromatic N) is 3. The van der Waals surface area contributed by atoms with Gasteiger partial charge in [0, 0.05) is 37.9 Å². The van der Waals surface area contributed by atoms with Gasteiger partial charge >= 0.3 is 0 Å². The van der Waals surface area contributed by atoms with E-state index in [1.807, 2.05) is 6.07 Å². The zero-order valence-electron chi connectivity index (χ0n) is 17.6. The SMILES string of the molecule is CCNC(=NCc1cccnc1N1CCCC(C(N)=O)C1)NCC(CC)CC. The highest BCUT2D eigenvalue weighted by Gasteiger charge is 2.25. The van der Waals surface area contributed by atoms with E-state index in [1.54, 1.807) is 6.20 Å². The Bertz CT molecular complexity index is 644. The number of hydrogen-bond donors (Lipinski definition) is 3. The van der Waals surface area contributed by atoms with E-state index < -0.39 is 0 Å². The first-order valence-corrected chi connectivity index (χ1v) is 10.6. The summed E-state index contributed by atoms with van der Waals surface area (Å²) in [5.74, 6) is 2.06. The maximum absolute atomic E-state index is 11.6. The second-order valence-corrected chi connectivity index (χ2v) is 7.43. The topological polar surface area (TPSA) is 95.6 Å². The number of aromatic nitrogens is 1. The van der Waals surface area contributed by atoms with Crippen LogP contribution in [-0.4, -0.2) is 43.0 Å². The molecule has 0 aliphatic carbocycles. The Kier molecular flexibility index (Phi) is 9.04. The van der Waals surface area contributed by atoms with Crippen molar-refractivity contribution >= 4 is 17.7 Å². The normalized spacial score (nSPS) is 17.6. The third-order valence-corrected chi connectivity index (χ3v) is 5.46. The number of amides is 1. The second kappa shape index (κ2) is 11.5. The van der Waals surface area contributed by atoms with Gasteiger partial charge in [0.05, 0.1) is 12.5 Å². The summed E-state index contributed by atoms with van der Waals surface area (Å²) >= 11 is 0. The first-order chi connectivity index (χ1) is 13.6. The van der Waals surface area contributed by atoms with Crippen molar-refractivity contribution in [2.75, 3.05) is 31.1 Å². The first-order valence-electron chi connectivity index (χ1n) is 10.6. The zero-order chi connectivity index (χ0) is 20.4. The second-order valence-electron chi connectivity index (χ2n) is 7.43. The molecule has 0 bridgehead atoms. The lowest BCUT2D eigenvalue weighted by atomic mass is 9.97. The fourth-order valence-electron chi connectivity index (χ4n) is 3.56. The monoisotopic (exact) mass is 388 g/mol. The number of aliphatic imine (C=N–C) groups is 1. The fourth-order valence-corrected chi connectivity index (χ4v) is 3.56. The van der Waals surface area contributed by atoms with Gasteiger partial charge in [0.15, 0.2) is 5.96 Å². The van der Waals surface area contributed by atoms with Crippen molar-refractivity contribution < 1.29 is 4.79 Å². The lowest BCUT2D eigenvalue weighted by Crippen LogP contribution is -2.42. The lowest BCUT2D eigenvalue weighted by Gasteiger charge is -2.33. The molecular weight excluding hydrogens is 352 g/mol. The third kappa shape index (κ3) is 6.39. The minimum atomic E-state index is -0.222. The highest BCUT2D eigenvalue weighted by Crippen LogP contribution is 2.24. The number of carbonyl (C=O) groups is 1. The van der Waals surface area contributed by atoms with E-state index in [2.05, 4.69) is 47.4 Å². The number of rotatable bonds is 9. The molecule has 2 heterocycles. The summed E-state index contributed by atoms with van der Waals surface area (Å²) in [5, 5.41) is 6.78. The minimum Gasteiger partial charge on any atom is -0.369 e. The van der Waals surface area contributed by atoms with E-state index in [-0.39, 0.29) is 11.8 Å². The molecule has 7 heteroatoms. The van der Waals surface area contributed by atoms with Gasteiger partial charge in [-0.25, -0.2) is 9.98 Å². The van der Waals surface area contributed by atoms with Gasteiger partial charge in [-0.1, -0.05) is 32.8 Å². The van der Waals surface area contributed by atoms with Crippen LogP contribution >= 0.6 is 0 Å². The summed E-state index contributed by atoms with van der Waals surface area (Å²) in [5.41, 5.74) is 6.60. The molecule has 1 aromatic heterocycles.